The van der Waals surface area contributed by atoms with Crippen molar-refractivity contribution in [3.05, 3.63) is 44.3 Å². The van der Waals surface area contributed by atoms with Gasteiger partial charge in [-0.1, -0.05) is 23.2 Å². The maximum absolute atomic E-state index is 6.07. The molecule has 1 aromatic heterocycles. The summed E-state index contributed by atoms with van der Waals surface area (Å²) < 4.78 is 5.64. The van der Waals surface area contributed by atoms with Crippen LogP contribution in [-0.2, 0) is 13.2 Å². The van der Waals surface area contributed by atoms with Crippen LogP contribution in [0.5, 0.6) is 5.75 Å². The minimum absolute atomic E-state index is 0.327. The Morgan fingerprint density at radius 2 is 2.18 bits per heavy atom. The van der Waals surface area contributed by atoms with Crippen molar-refractivity contribution in [3.8, 4) is 5.75 Å². The van der Waals surface area contributed by atoms with E-state index in [1.165, 1.54) is 11.3 Å². The number of thiazole rings is 1. The van der Waals surface area contributed by atoms with E-state index in [2.05, 4.69) is 4.98 Å². The molecule has 0 radical (unpaired) electrons. The summed E-state index contributed by atoms with van der Waals surface area (Å²) in [5, 5.41) is 3.80. The highest BCUT2D eigenvalue weighted by Gasteiger charge is 2.10. The molecule has 2 rings (SSSR count). The first-order chi connectivity index (χ1) is 8.20. The van der Waals surface area contributed by atoms with Gasteiger partial charge in [0.15, 0.2) is 0 Å². The van der Waals surface area contributed by atoms with Crippen molar-refractivity contribution < 1.29 is 4.74 Å². The lowest BCUT2D eigenvalue weighted by molar-refractivity contribution is 0.302. The van der Waals surface area contributed by atoms with Gasteiger partial charge in [0.1, 0.15) is 17.4 Å². The van der Waals surface area contributed by atoms with Gasteiger partial charge in [0, 0.05) is 28.7 Å². The second-order valence-electron chi connectivity index (χ2n) is 3.29. The highest BCUT2D eigenvalue weighted by molar-refractivity contribution is 7.09. The normalized spacial score (nSPS) is 10.5. The standard InChI is InChI=1S/C11H10Cl2N2OS/c12-8-3-7(5-14)11(9(13)4-8)16-6-10-15-1-2-17-10/h1-4H,5-6,14H2. The first-order valence-corrected chi connectivity index (χ1v) is 6.53. The Kier molecular flexibility index (Phi) is 4.23. The smallest absolute Gasteiger partial charge is 0.143 e. The summed E-state index contributed by atoms with van der Waals surface area (Å²) in [5.41, 5.74) is 6.42. The van der Waals surface area contributed by atoms with Crippen LogP contribution in [0.25, 0.3) is 0 Å². The first kappa shape index (κ1) is 12.6. The van der Waals surface area contributed by atoms with Gasteiger partial charge >= 0.3 is 0 Å². The molecule has 0 saturated carbocycles. The molecular formula is C11H10Cl2N2OS. The minimum atomic E-state index is 0.327. The third-order valence-electron chi connectivity index (χ3n) is 2.13. The molecule has 0 amide bonds. The topological polar surface area (TPSA) is 48.1 Å². The number of aromatic nitrogens is 1. The fraction of sp³-hybridized carbons (Fsp3) is 0.182. The molecule has 0 unspecified atom stereocenters. The monoisotopic (exact) mass is 288 g/mol. The molecule has 0 fully saturated rings. The Labute approximate surface area is 113 Å². The summed E-state index contributed by atoms with van der Waals surface area (Å²) in [5.74, 6) is 0.578. The van der Waals surface area contributed by atoms with Crippen molar-refractivity contribution in [2.45, 2.75) is 13.2 Å². The van der Waals surface area contributed by atoms with Gasteiger partial charge in [0.2, 0.25) is 0 Å². The summed E-state index contributed by atoms with van der Waals surface area (Å²) in [6, 6.07) is 3.39. The van der Waals surface area contributed by atoms with Crippen LogP contribution in [0.2, 0.25) is 10.0 Å². The molecule has 0 aliphatic carbocycles. The molecule has 3 nitrogen and oxygen atoms in total. The Balaban J connectivity index is 2.19. The van der Waals surface area contributed by atoms with Gasteiger partial charge in [-0.3, -0.25) is 0 Å². The van der Waals surface area contributed by atoms with E-state index in [4.69, 9.17) is 33.7 Å². The van der Waals surface area contributed by atoms with Gasteiger partial charge in [0.05, 0.1) is 5.02 Å². The number of halogens is 2. The van der Waals surface area contributed by atoms with Crippen LogP contribution in [0.15, 0.2) is 23.7 Å². The van der Waals surface area contributed by atoms with E-state index in [-0.39, 0.29) is 0 Å². The largest absolute Gasteiger partial charge is 0.485 e. The molecule has 90 valence electrons. The van der Waals surface area contributed by atoms with Crippen molar-refractivity contribution in [1.82, 2.24) is 4.98 Å². The number of nitrogens with zero attached hydrogens (tertiary/aromatic N) is 1. The molecule has 2 N–H and O–H groups in total. The number of hydrogen-bond acceptors (Lipinski definition) is 4. The summed E-state index contributed by atoms with van der Waals surface area (Å²) in [7, 11) is 0. The molecule has 1 aromatic carbocycles. The van der Waals surface area contributed by atoms with Crippen LogP contribution < -0.4 is 10.5 Å². The highest BCUT2D eigenvalue weighted by atomic mass is 35.5. The minimum Gasteiger partial charge on any atom is -0.485 e. The number of benzene rings is 1. The van der Waals surface area contributed by atoms with Gasteiger partial charge < -0.3 is 10.5 Å². The highest BCUT2D eigenvalue weighted by Crippen LogP contribution is 2.32. The van der Waals surface area contributed by atoms with Crippen LogP contribution in [0.3, 0.4) is 0 Å². The predicted octanol–water partition coefficient (Wildman–Crippen LogP) is 3.49. The molecular weight excluding hydrogens is 279 g/mol. The van der Waals surface area contributed by atoms with Crippen LogP contribution in [-0.4, -0.2) is 4.98 Å². The predicted molar refractivity (Wildman–Crippen MR) is 70.8 cm³/mol. The van der Waals surface area contributed by atoms with Gasteiger partial charge in [-0.05, 0) is 12.1 Å². The van der Waals surface area contributed by atoms with Crippen LogP contribution in [0.1, 0.15) is 10.6 Å². The Hall–Kier alpha value is -0.810. The fourth-order valence-corrected chi connectivity index (χ4v) is 2.50. The molecule has 0 saturated heterocycles. The third-order valence-corrected chi connectivity index (χ3v) is 3.38. The van der Waals surface area contributed by atoms with Crippen molar-refractivity contribution >= 4 is 34.5 Å². The molecule has 2 aromatic rings. The summed E-state index contributed by atoms with van der Waals surface area (Å²) in [4.78, 5) is 4.13. The van der Waals surface area contributed by atoms with Gasteiger partial charge in [-0.15, -0.1) is 11.3 Å². The molecule has 0 bridgehead atoms. The third kappa shape index (κ3) is 3.10. The second kappa shape index (κ2) is 5.69. The fourth-order valence-electron chi connectivity index (χ4n) is 1.39. The van der Waals surface area contributed by atoms with Gasteiger partial charge in [-0.25, -0.2) is 4.98 Å². The summed E-state index contributed by atoms with van der Waals surface area (Å²) in [6.07, 6.45) is 1.73. The maximum atomic E-state index is 6.07. The van der Waals surface area contributed by atoms with Crippen LogP contribution >= 0.6 is 34.5 Å². The van der Waals surface area contributed by atoms with E-state index in [1.807, 2.05) is 5.38 Å². The molecule has 0 aliphatic heterocycles. The number of hydrogen-bond donors (Lipinski definition) is 1. The van der Waals surface area contributed by atoms with Gasteiger partial charge in [0.25, 0.3) is 0 Å². The lowest BCUT2D eigenvalue weighted by Gasteiger charge is -2.11. The zero-order valence-corrected chi connectivity index (χ0v) is 11.1. The van der Waals surface area contributed by atoms with E-state index in [9.17, 15) is 0 Å². The van der Waals surface area contributed by atoms with Crippen molar-refractivity contribution in [2.24, 2.45) is 5.73 Å². The molecule has 6 heteroatoms. The zero-order chi connectivity index (χ0) is 12.3. The van der Waals surface area contributed by atoms with E-state index in [1.54, 1.807) is 18.3 Å². The SMILES string of the molecule is NCc1cc(Cl)cc(Cl)c1OCc1nccs1. The summed E-state index contributed by atoms with van der Waals surface area (Å²) >= 11 is 13.5. The van der Waals surface area contributed by atoms with E-state index in [0.717, 1.165) is 10.6 Å². The Morgan fingerprint density at radius 3 is 2.82 bits per heavy atom. The number of ether oxygens (including phenoxy) is 1. The van der Waals surface area contributed by atoms with Crippen molar-refractivity contribution in [2.75, 3.05) is 0 Å². The lowest BCUT2D eigenvalue weighted by atomic mass is 10.2. The van der Waals surface area contributed by atoms with Gasteiger partial charge in [-0.2, -0.15) is 0 Å². The zero-order valence-electron chi connectivity index (χ0n) is 8.82. The van der Waals surface area contributed by atoms with Crippen molar-refractivity contribution in [3.63, 3.8) is 0 Å². The molecule has 1 heterocycles. The molecule has 0 spiro atoms. The van der Waals surface area contributed by atoms with E-state index >= 15 is 0 Å². The Morgan fingerprint density at radius 1 is 1.35 bits per heavy atom. The quantitative estimate of drug-likeness (QED) is 0.937. The number of rotatable bonds is 4. The molecule has 17 heavy (non-hydrogen) atoms. The van der Waals surface area contributed by atoms with E-state index in [0.29, 0.717) is 28.9 Å². The average molecular weight is 289 g/mol. The molecule has 0 aliphatic rings. The Bertz CT molecular complexity index is 502. The summed E-state index contributed by atoms with van der Waals surface area (Å²) in [6.45, 7) is 0.708. The maximum Gasteiger partial charge on any atom is 0.143 e. The van der Waals surface area contributed by atoms with E-state index < -0.39 is 0 Å². The van der Waals surface area contributed by atoms with Crippen LogP contribution in [0, 0.1) is 0 Å². The van der Waals surface area contributed by atoms with Crippen LogP contribution in [0.4, 0.5) is 0 Å². The average Bonchev–Trinajstić information content (AvgIpc) is 2.79. The molecule has 0 atom stereocenters. The lowest BCUT2D eigenvalue weighted by Crippen LogP contribution is -2.03. The first-order valence-electron chi connectivity index (χ1n) is 4.90. The van der Waals surface area contributed by atoms with Crippen molar-refractivity contribution in [1.29, 1.82) is 0 Å². The second-order valence-corrected chi connectivity index (χ2v) is 5.12. The number of nitrogens with two attached hydrogens (primary N) is 1.